The summed E-state index contributed by atoms with van der Waals surface area (Å²) in [6.07, 6.45) is 7.18. The van der Waals surface area contributed by atoms with E-state index in [1.54, 1.807) is 48.6 Å². The standard InChI is InChI=1S/C27H21FN2O5/c1-16-15-19(5-12-23(16)18-3-8-21(9-4-18)34-26(32)17(2)28)27(33)35-22-10-6-20(7-11-22)30-24(29)13-14-25(30)31/h3,5-8,10-15,29H,2,4,9H2,1H3. The molecule has 2 aromatic carbocycles. The molecule has 0 bridgehead atoms. The molecule has 0 fully saturated rings. The van der Waals surface area contributed by atoms with Crippen molar-refractivity contribution in [1.29, 1.82) is 5.41 Å². The first-order valence-corrected chi connectivity index (χ1v) is 10.7. The predicted molar refractivity (Wildman–Crippen MR) is 129 cm³/mol. The molecule has 1 aliphatic heterocycles. The second-order valence-corrected chi connectivity index (χ2v) is 7.92. The minimum atomic E-state index is -1.14. The number of nitrogens with zero attached hydrogens (tertiary/aromatic N) is 1. The third kappa shape index (κ3) is 5.16. The van der Waals surface area contributed by atoms with Crippen molar-refractivity contribution in [2.24, 2.45) is 0 Å². The van der Waals surface area contributed by atoms with Crippen LogP contribution < -0.4 is 9.64 Å². The van der Waals surface area contributed by atoms with Crippen molar-refractivity contribution >= 4 is 34.9 Å². The van der Waals surface area contributed by atoms with Gasteiger partial charge in [0.2, 0.25) is 5.83 Å². The Bertz CT molecular complexity index is 1330. The van der Waals surface area contributed by atoms with E-state index in [9.17, 15) is 18.8 Å². The lowest BCUT2D eigenvalue weighted by atomic mass is 9.92. The van der Waals surface area contributed by atoms with Crippen LogP contribution in [0.4, 0.5) is 10.1 Å². The number of anilines is 1. The molecule has 0 spiro atoms. The van der Waals surface area contributed by atoms with Crippen molar-refractivity contribution in [3.8, 4) is 5.75 Å². The fourth-order valence-corrected chi connectivity index (χ4v) is 3.77. The van der Waals surface area contributed by atoms with Gasteiger partial charge in [0.25, 0.3) is 5.91 Å². The molecule has 8 heteroatoms. The van der Waals surface area contributed by atoms with Crippen LogP contribution in [0.1, 0.15) is 34.3 Å². The van der Waals surface area contributed by atoms with Crippen LogP contribution in [0.15, 0.2) is 84.9 Å². The first-order valence-electron chi connectivity index (χ1n) is 10.7. The van der Waals surface area contributed by atoms with Crippen molar-refractivity contribution in [1.82, 2.24) is 0 Å². The van der Waals surface area contributed by atoms with Crippen LogP contribution >= 0.6 is 0 Å². The topological polar surface area (TPSA) is 96.8 Å². The number of carbonyl (C=O) groups excluding carboxylic acids is 3. The molecule has 0 saturated heterocycles. The van der Waals surface area contributed by atoms with Crippen LogP contribution in [0.2, 0.25) is 0 Å². The third-order valence-corrected chi connectivity index (χ3v) is 5.52. The Morgan fingerprint density at radius 3 is 2.34 bits per heavy atom. The van der Waals surface area contributed by atoms with Gasteiger partial charge in [0.1, 0.15) is 17.3 Å². The average molecular weight is 472 g/mol. The number of allylic oxidation sites excluding steroid dienone is 4. The molecule has 2 aliphatic rings. The quantitative estimate of drug-likeness (QED) is 0.355. The molecule has 0 atom stereocenters. The summed E-state index contributed by atoms with van der Waals surface area (Å²) >= 11 is 0. The Morgan fingerprint density at radius 1 is 1.03 bits per heavy atom. The Hall–Kier alpha value is -4.59. The number of halogens is 1. The highest BCUT2D eigenvalue weighted by Crippen LogP contribution is 2.30. The van der Waals surface area contributed by atoms with E-state index in [0.29, 0.717) is 35.6 Å². The normalized spacial score (nSPS) is 15.0. The Kier molecular flexibility index (Phi) is 6.55. The summed E-state index contributed by atoms with van der Waals surface area (Å²) in [5, 5.41) is 7.81. The third-order valence-electron chi connectivity index (χ3n) is 5.52. The monoisotopic (exact) mass is 472 g/mol. The van der Waals surface area contributed by atoms with Gasteiger partial charge in [-0.05, 0) is 78.6 Å². The number of nitrogens with one attached hydrogen (secondary N) is 1. The first kappa shape index (κ1) is 23.6. The van der Waals surface area contributed by atoms with Gasteiger partial charge in [0, 0.05) is 12.5 Å². The van der Waals surface area contributed by atoms with Gasteiger partial charge < -0.3 is 9.47 Å². The molecular weight excluding hydrogens is 451 g/mol. The largest absolute Gasteiger partial charge is 0.426 e. The minimum absolute atomic E-state index is 0.0711. The lowest BCUT2D eigenvalue weighted by molar-refractivity contribution is -0.136. The molecule has 2 aromatic rings. The summed E-state index contributed by atoms with van der Waals surface area (Å²) < 4.78 is 23.2. The number of ether oxygens (including phenoxy) is 2. The number of hydrogen-bond donors (Lipinski definition) is 1. The SMILES string of the molecule is C=C(F)C(=O)OC1=CC=C(c2ccc(C(=O)Oc3ccc(N4C(=N)C=CC4=O)cc3)cc2C)CC1. The van der Waals surface area contributed by atoms with Crippen LogP contribution in [0.5, 0.6) is 5.75 Å². The molecule has 1 heterocycles. The smallest absolute Gasteiger partial charge is 0.371 e. The highest BCUT2D eigenvalue weighted by atomic mass is 19.1. The molecule has 1 N–H and O–H groups in total. The molecular formula is C27H21FN2O5. The molecule has 7 nitrogen and oxygen atoms in total. The number of carbonyl (C=O) groups is 3. The van der Waals surface area contributed by atoms with Crippen LogP contribution in [0.3, 0.4) is 0 Å². The van der Waals surface area contributed by atoms with Gasteiger partial charge in [-0.3, -0.25) is 15.1 Å². The van der Waals surface area contributed by atoms with E-state index in [2.05, 4.69) is 6.58 Å². The first-order chi connectivity index (χ1) is 16.7. The van der Waals surface area contributed by atoms with Gasteiger partial charge in [-0.25, -0.2) is 9.59 Å². The van der Waals surface area contributed by atoms with Crippen molar-refractivity contribution < 1.29 is 28.2 Å². The van der Waals surface area contributed by atoms with Crippen LogP contribution in [-0.2, 0) is 14.3 Å². The second-order valence-electron chi connectivity index (χ2n) is 7.92. The van der Waals surface area contributed by atoms with Gasteiger partial charge in [-0.1, -0.05) is 18.7 Å². The summed E-state index contributed by atoms with van der Waals surface area (Å²) in [7, 11) is 0. The zero-order valence-electron chi connectivity index (χ0n) is 18.8. The van der Waals surface area contributed by atoms with E-state index in [1.165, 1.54) is 17.1 Å². The maximum absolute atomic E-state index is 12.8. The number of amidine groups is 1. The highest BCUT2D eigenvalue weighted by Gasteiger charge is 2.22. The Balaban J connectivity index is 1.43. The number of benzene rings is 2. The average Bonchev–Trinajstić information content (AvgIpc) is 3.18. The molecule has 0 radical (unpaired) electrons. The van der Waals surface area contributed by atoms with Gasteiger partial charge in [-0.2, -0.15) is 4.39 Å². The Morgan fingerprint density at radius 2 is 1.77 bits per heavy atom. The molecule has 4 rings (SSSR count). The van der Waals surface area contributed by atoms with Crippen molar-refractivity contribution in [2.45, 2.75) is 19.8 Å². The maximum Gasteiger partial charge on any atom is 0.371 e. The second kappa shape index (κ2) is 9.72. The fraction of sp³-hybridized carbons (Fsp3) is 0.111. The summed E-state index contributed by atoms with van der Waals surface area (Å²) in [5.74, 6) is -2.33. The van der Waals surface area contributed by atoms with E-state index < -0.39 is 17.8 Å². The molecule has 0 aromatic heterocycles. The predicted octanol–water partition coefficient (Wildman–Crippen LogP) is 5.18. The van der Waals surface area contributed by atoms with Crippen molar-refractivity contribution in [3.63, 3.8) is 0 Å². The number of amides is 1. The van der Waals surface area contributed by atoms with Crippen molar-refractivity contribution in [3.05, 3.63) is 102 Å². The van der Waals surface area contributed by atoms with E-state index in [0.717, 1.165) is 16.7 Å². The fourth-order valence-electron chi connectivity index (χ4n) is 3.77. The van der Waals surface area contributed by atoms with Crippen LogP contribution in [-0.4, -0.2) is 23.7 Å². The maximum atomic E-state index is 12.8. The minimum Gasteiger partial charge on any atom is -0.426 e. The van der Waals surface area contributed by atoms with E-state index in [4.69, 9.17) is 14.9 Å². The summed E-state index contributed by atoms with van der Waals surface area (Å²) in [6, 6.07) is 11.6. The zero-order valence-corrected chi connectivity index (χ0v) is 18.8. The summed E-state index contributed by atoms with van der Waals surface area (Å²) in [6.45, 7) is 4.80. The van der Waals surface area contributed by atoms with Crippen LogP contribution in [0, 0.1) is 12.3 Å². The molecule has 0 unspecified atom stereocenters. The van der Waals surface area contributed by atoms with Crippen LogP contribution in [0.25, 0.3) is 5.57 Å². The van der Waals surface area contributed by atoms with Crippen molar-refractivity contribution in [2.75, 3.05) is 4.90 Å². The number of esters is 2. The number of aryl methyl sites for hydroxylation is 1. The van der Waals surface area contributed by atoms with E-state index in [-0.39, 0.29) is 11.7 Å². The molecule has 1 aliphatic carbocycles. The Labute approximate surface area is 201 Å². The van der Waals surface area contributed by atoms with E-state index in [1.807, 2.05) is 13.0 Å². The van der Waals surface area contributed by atoms with Gasteiger partial charge in [-0.15, -0.1) is 0 Å². The van der Waals surface area contributed by atoms with Gasteiger partial charge >= 0.3 is 11.9 Å². The van der Waals surface area contributed by atoms with Gasteiger partial charge in [0.05, 0.1) is 11.3 Å². The number of rotatable bonds is 6. The highest BCUT2D eigenvalue weighted by molar-refractivity contribution is 6.29. The molecule has 0 saturated carbocycles. The summed E-state index contributed by atoms with van der Waals surface area (Å²) in [5.41, 5.74) is 3.68. The number of hydrogen-bond acceptors (Lipinski definition) is 6. The lowest BCUT2D eigenvalue weighted by Crippen LogP contribution is -2.28. The molecule has 35 heavy (non-hydrogen) atoms. The van der Waals surface area contributed by atoms with Gasteiger partial charge in [0.15, 0.2) is 0 Å². The molecule has 1 amide bonds. The summed E-state index contributed by atoms with van der Waals surface area (Å²) in [4.78, 5) is 37.1. The molecule has 176 valence electrons. The lowest BCUT2D eigenvalue weighted by Gasteiger charge is -2.17. The zero-order chi connectivity index (χ0) is 25.1. The van der Waals surface area contributed by atoms with E-state index >= 15 is 0 Å².